The first-order valence-corrected chi connectivity index (χ1v) is 8.75. The molecule has 0 spiro atoms. The number of rotatable bonds is 5. The number of aromatic amines is 2. The molecule has 0 fully saturated rings. The van der Waals surface area contributed by atoms with Gasteiger partial charge < -0.3 is 10.1 Å². The number of phenolic OH excluding ortho intramolecular Hbond substituents is 1. The van der Waals surface area contributed by atoms with Crippen LogP contribution < -0.4 is 11.2 Å². The molecule has 0 saturated carbocycles. The van der Waals surface area contributed by atoms with Crippen LogP contribution in [0.3, 0.4) is 0 Å². The van der Waals surface area contributed by atoms with Crippen LogP contribution in [-0.4, -0.2) is 20.0 Å². The van der Waals surface area contributed by atoms with Crippen molar-refractivity contribution in [3.63, 3.8) is 0 Å². The van der Waals surface area contributed by atoms with Crippen molar-refractivity contribution < 1.29 is 10.0 Å². The van der Waals surface area contributed by atoms with Crippen molar-refractivity contribution in [3.8, 4) is 5.75 Å². The first kappa shape index (κ1) is 20.4. The first-order valence-electron chi connectivity index (χ1n) is 8.75. The Balaban J connectivity index is 1.94. The van der Waals surface area contributed by atoms with Crippen molar-refractivity contribution in [1.82, 2.24) is 9.97 Å². The Morgan fingerprint density at radius 2 is 1.63 bits per heavy atom. The molecule has 0 atom stereocenters. The molecule has 0 aliphatic carbocycles. The highest BCUT2D eigenvalue weighted by Gasteiger charge is 2.18. The average Bonchev–Trinajstić information content (AvgIpc) is 2.68. The van der Waals surface area contributed by atoms with Crippen LogP contribution in [0, 0.1) is 24.0 Å². The van der Waals surface area contributed by atoms with Crippen molar-refractivity contribution in [2.24, 2.45) is 10.2 Å². The fraction of sp³-hybridized carbons (Fsp3) is 0.100. The number of nitrogens with one attached hydrogen (secondary N) is 2. The van der Waals surface area contributed by atoms with E-state index in [1.165, 1.54) is 18.2 Å². The Bertz CT molecular complexity index is 1300. The molecule has 0 radical (unpaired) electrons. The van der Waals surface area contributed by atoms with Crippen LogP contribution in [0.25, 0.3) is 12.2 Å². The number of aromatic nitrogens is 2. The highest BCUT2D eigenvalue weighted by molar-refractivity contribution is 5.75. The normalized spacial score (nSPS) is 11.4. The van der Waals surface area contributed by atoms with Gasteiger partial charge in [-0.25, -0.2) is 4.79 Å². The molecular weight excluding hydrogens is 390 g/mol. The molecule has 30 heavy (non-hydrogen) atoms. The van der Waals surface area contributed by atoms with E-state index in [1.807, 2.05) is 32.0 Å². The Hall–Kier alpha value is -4.34. The van der Waals surface area contributed by atoms with Crippen molar-refractivity contribution in [2.75, 3.05) is 0 Å². The van der Waals surface area contributed by atoms with Crippen LogP contribution >= 0.6 is 0 Å². The first-order chi connectivity index (χ1) is 14.2. The van der Waals surface area contributed by atoms with Gasteiger partial charge in [-0.1, -0.05) is 6.07 Å². The maximum absolute atomic E-state index is 11.7. The molecule has 3 N–H and O–H groups in total. The maximum Gasteiger partial charge on any atom is 0.357 e. The van der Waals surface area contributed by atoms with Gasteiger partial charge in [-0.15, -0.1) is 0 Å². The molecule has 0 unspecified atom stereocenters. The smallest absolute Gasteiger partial charge is 0.357 e. The third kappa shape index (κ3) is 4.55. The van der Waals surface area contributed by atoms with E-state index >= 15 is 0 Å². The topological polar surface area (TPSA) is 154 Å². The summed E-state index contributed by atoms with van der Waals surface area (Å²) in [7, 11) is 0. The lowest BCUT2D eigenvalue weighted by Crippen LogP contribution is -2.25. The number of aromatic hydroxyl groups is 1. The predicted molar refractivity (Wildman–Crippen MR) is 111 cm³/mol. The molecule has 10 nitrogen and oxygen atoms in total. The van der Waals surface area contributed by atoms with E-state index in [4.69, 9.17) is 0 Å². The average molecular weight is 407 g/mol. The molecule has 0 aliphatic rings. The standard InChI is InChI=1S/C20H17N5O5/c1-11-3-5-14(9-12(11)2)23-24-15-6-8-17(26)13(10-15)4-7-16-18(25(29)30)19(27)22-20(28)21-16/h3-10,26H,1-2H3,(H2,21,22,27,28). The molecule has 152 valence electrons. The number of azo groups is 1. The summed E-state index contributed by atoms with van der Waals surface area (Å²) in [5.74, 6) is -0.119. The van der Waals surface area contributed by atoms with Gasteiger partial charge in [-0.2, -0.15) is 10.2 Å². The van der Waals surface area contributed by atoms with Crippen molar-refractivity contribution >= 4 is 29.2 Å². The zero-order valence-corrected chi connectivity index (χ0v) is 16.0. The minimum absolute atomic E-state index is 0.119. The Labute approximate surface area is 169 Å². The summed E-state index contributed by atoms with van der Waals surface area (Å²) < 4.78 is 0. The largest absolute Gasteiger partial charge is 0.507 e. The fourth-order valence-electron chi connectivity index (χ4n) is 2.61. The molecule has 1 heterocycles. The van der Waals surface area contributed by atoms with Crippen LogP contribution in [0.4, 0.5) is 17.1 Å². The van der Waals surface area contributed by atoms with Crippen molar-refractivity contribution in [2.45, 2.75) is 13.8 Å². The maximum atomic E-state index is 11.7. The van der Waals surface area contributed by atoms with Gasteiger partial charge in [0.2, 0.25) is 0 Å². The Morgan fingerprint density at radius 3 is 2.30 bits per heavy atom. The summed E-state index contributed by atoms with van der Waals surface area (Å²) in [5, 5.41) is 29.5. The fourth-order valence-corrected chi connectivity index (χ4v) is 2.61. The highest BCUT2D eigenvalue weighted by Crippen LogP contribution is 2.27. The molecule has 3 rings (SSSR count). The highest BCUT2D eigenvalue weighted by atomic mass is 16.6. The van der Waals surface area contributed by atoms with E-state index in [2.05, 4.69) is 15.2 Å². The van der Waals surface area contributed by atoms with Crippen molar-refractivity contribution in [1.29, 1.82) is 0 Å². The van der Waals surface area contributed by atoms with Crippen LogP contribution in [0.5, 0.6) is 5.75 Å². The summed E-state index contributed by atoms with van der Waals surface area (Å²) in [4.78, 5) is 37.3. The molecule has 0 amide bonds. The van der Waals surface area contributed by atoms with Crippen LogP contribution in [-0.2, 0) is 0 Å². The molecule has 2 aromatic carbocycles. The third-order valence-electron chi connectivity index (χ3n) is 4.34. The van der Waals surface area contributed by atoms with Gasteiger partial charge in [-0.3, -0.25) is 19.9 Å². The number of H-pyrrole nitrogens is 2. The second kappa shape index (κ2) is 8.35. The third-order valence-corrected chi connectivity index (χ3v) is 4.34. The van der Waals surface area contributed by atoms with E-state index < -0.39 is 21.9 Å². The lowest BCUT2D eigenvalue weighted by Gasteiger charge is -2.02. The SMILES string of the molecule is Cc1ccc(N=Nc2ccc(O)c(C=Cc3[nH]c(=O)[nH]c(=O)c3[N+](=O)[O-])c2)cc1C. The predicted octanol–water partition coefficient (Wildman–Crippen LogP) is 3.88. The van der Waals surface area contributed by atoms with Gasteiger partial charge in [0, 0.05) is 5.56 Å². The molecule has 0 bridgehead atoms. The van der Waals surface area contributed by atoms with Gasteiger partial charge in [0.1, 0.15) is 11.4 Å². The number of hydrogen-bond acceptors (Lipinski definition) is 7. The molecule has 0 saturated heterocycles. The molecule has 1 aromatic heterocycles. The van der Waals surface area contributed by atoms with Crippen LogP contribution in [0.2, 0.25) is 0 Å². The number of aryl methyl sites for hydroxylation is 2. The molecule has 10 heteroatoms. The monoisotopic (exact) mass is 407 g/mol. The van der Waals surface area contributed by atoms with E-state index in [1.54, 1.807) is 11.1 Å². The van der Waals surface area contributed by atoms with Gasteiger partial charge in [0.25, 0.3) is 0 Å². The lowest BCUT2D eigenvalue weighted by molar-refractivity contribution is -0.386. The number of benzene rings is 2. The Kier molecular flexibility index (Phi) is 5.68. The minimum atomic E-state index is -1.12. The second-order valence-electron chi connectivity index (χ2n) is 6.47. The summed E-state index contributed by atoms with van der Waals surface area (Å²) in [6.07, 6.45) is 2.48. The zero-order valence-electron chi connectivity index (χ0n) is 16.0. The minimum Gasteiger partial charge on any atom is -0.507 e. The summed E-state index contributed by atoms with van der Waals surface area (Å²) in [6, 6.07) is 10.1. The van der Waals surface area contributed by atoms with E-state index in [-0.39, 0.29) is 17.0 Å². The molecule has 0 aliphatic heterocycles. The van der Waals surface area contributed by atoms with Gasteiger partial charge in [-0.05, 0) is 67.5 Å². The van der Waals surface area contributed by atoms with Gasteiger partial charge in [0.05, 0.1) is 16.3 Å². The summed E-state index contributed by atoms with van der Waals surface area (Å²) >= 11 is 0. The van der Waals surface area contributed by atoms with E-state index in [9.17, 15) is 24.8 Å². The lowest BCUT2D eigenvalue weighted by atomic mass is 10.1. The van der Waals surface area contributed by atoms with Crippen LogP contribution in [0.1, 0.15) is 22.4 Å². The summed E-state index contributed by atoms with van der Waals surface area (Å²) in [6.45, 7) is 3.96. The number of hydrogen-bond donors (Lipinski definition) is 3. The van der Waals surface area contributed by atoms with E-state index in [0.29, 0.717) is 11.4 Å². The van der Waals surface area contributed by atoms with Crippen molar-refractivity contribution in [3.05, 3.63) is 89.7 Å². The number of nitrogens with zero attached hydrogens (tertiary/aromatic N) is 3. The quantitative estimate of drug-likeness (QED) is 0.333. The molecule has 3 aromatic rings. The number of phenols is 1. The number of nitro groups is 1. The Morgan fingerprint density at radius 1 is 0.967 bits per heavy atom. The van der Waals surface area contributed by atoms with Gasteiger partial charge >= 0.3 is 16.9 Å². The molecular formula is C20H17N5O5. The van der Waals surface area contributed by atoms with Gasteiger partial charge in [0.15, 0.2) is 0 Å². The summed E-state index contributed by atoms with van der Waals surface area (Å²) in [5.41, 5.74) is 0.467. The zero-order chi connectivity index (χ0) is 21.8. The van der Waals surface area contributed by atoms with E-state index in [0.717, 1.165) is 17.2 Å². The van der Waals surface area contributed by atoms with Crippen LogP contribution in [0.15, 0.2) is 56.2 Å². The second-order valence-corrected chi connectivity index (χ2v) is 6.47.